The van der Waals surface area contributed by atoms with Gasteiger partial charge in [0.2, 0.25) is 0 Å². The molecule has 7 heteroatoms. The largest absolute Gasteiger partial charge is 0.481 e. The number of hydrogen-bond donors (Lipinski definition) is 2. The number of halogens is 1. The smallest absolute Gasteiger partial charge is 0.316 e. The van der Waals surface area contributed by atoms with Crippen molar-refractivity contribution in [3.63, 3.8) is 0 Å². The van der Waals surface area contributed by atoms with Crippen molar-refractivity contribution in [1.29, 1.82) is 0 Å². The van der Waals surface area contributed by atoms with E-state index in [0.29, 0.717) is 24.5 Å². The molecule has 2 fully saturated rings. The second-order valence-corrected chi connectivity index (χ2v) is 13.3. The van der Waals surface area contributed by atoms with Crippen LogP contribution in [0.5, 0.6) is 0 Å². The normalized spacial score (nSPS) is 23.2. The lowest BCUT2D eigenvalue weighted by Gasteiger charge is -2.49. The van der Waals surface area contributed by atoms with Crippen LogP contribution >= 0.6 is 17.0 Å². The molecule has 3 rings (SSSR count). The Bertz CT molecular complexity index is 866. The number of aliphatic hydroxyl groups is 1. The number of piperidine rings is 1. The van der Waals surface area contributed by atoms with E-state index in [1.54, 1.807) is 0 Å². The number of hydrogen-bond acceptors (Lipinski definition) is 4. The molecule has 0 amide bonds. The molecule has 3 unspecified atom stereocenters. The molecular formula is C36H63BrNO5+. The van der Waals surface area contributed by atoms with Gasteiger partial charge in [0, 0.05) is 32.1 Å². The molecular weight excluding hydrogens is 606 g/mol. The second kappa shape index (κ2) is 22.1. The van der Waals surface area contributed by atoms with Gasteiger partial charge in [-0.3, -0.25) is 9.59 Å². The number of quaternary nitrogens is 1. The molecule has 2 heterocycles. The van der Waals surface area contributed by atoms with E-state index in [4.69, 9.17) is 9.84 Å². The first kappa shape index (κ1) is 39.6. The number of aliphatic hydroxyl groups excluding tert-OH is 1. The van der Waals surface area contributed by atoms with Crippen molar-refractivity contribution in [3.8, 4) is 0 Å². The Balaban J connectivity index is 0.000000440. The second-order valence-electron chi connectivity index (χ2n) is 13.3. The minimum Gasteiger partial charge on any atom is -0.481 e. The third-order valence-corrected chi connectivity index (χ3v) is 10.0. The summed E-state index contributed by atoms with van der Waals surface area (Å²) in [5.41, 5.74) is 0.826. The monoisotopic (exact) mass is 668 g/mol. The van der Waals surface area contributed by atoms with Crippen LogP contribution in [0.15, 0.2) is 30.3 Å². The Kier molecular flexibility index (Phi) is 20.4. The van der Waals surface area contributed by atoms with Crippen LogP contribution in [0.2, 0.25) is 0 Å². The van der Waals surface area contributed by atoms with Crippen molar-refractivity contribution in [1.82, 2.24) is 0 Å². The zero-order chi connectivity index (χ0) is 30.8. The summed E-state index contributed by atoms with van der Waals surface area (Å²) in [4.78, 5) is 22.9. The SMILES string of the molecule is Br.CC(C)[N+]1(C)[C@@H]2CC[C@H]1CC(OC(=O)C(CO)c1ccccc1)C2.CCCCCCCCCCCCCCCC(=O)O. The standard InChI is InChI=1S/C20H30NO3.C16H32O2.BrH/c1-14(2)21(3)16-9-10-17(21)12-18(11-16)24-20(23)19(13-22)15-7-5-4-6-8-15;1-2-3-4-5-6-7-8-9-10-11-12-13-14-15-16(17)18;/h4-8,14,16-19,22H,9-13H2,1-3H3;2-15H2,1H3,(H,17,18);1H/q+1;;/t16-,17+,18?,19?,21?;;. The number of aliphatic carboxylic acids is 1. The van der Waals surface area contributed by atoms with E-state index in [1.165, 1.54) is 83.5 Å². The van der Waals surface area contributed by atoms with Crippen LogP contribution in [0.1, 0.15) is 148 Å². The van der Waals surface area contributed by atoms with E-state index >= 15 is 0 Å². The van der Waals surface area contributed by atoms with Gasteiger partial charge in [-0.1, -0.05) is 114 Å². The molecule has 0 aromatic heterocycles. The zero-order valence-electron chi connectivity index (χ0n) is 27.7. The summed E-state index contributed by atoms with van der Waals surface area (Å²) >= 11 is 0. The topological polar surface area (TPSA) is 83.8 Å². The van der Waals surface area contributed by atoms with Crippen LogP contribution < -0.4 is 0 Å². The lowest BCUT2D eigenvalue weighted by molar-refractivity contribution is -0.968. The molecule has 0 radical (unpaired) electrons. The number of carboxylic acids is 1. The van der Waals surface area contributed by atoms with Crippen LogP contribution in [0.25, 0.3) is 0 Å². The highest BCUT2D eigenvalue weighted by atomic mass is 79.9. The Labute approximate surface area is 273 Å². The van der Waals surface area contributed by atoms with Gasteiger partial charge in [0.05, 0.1) is 31.8 Å². The van der Waals surface area contributed by atoms with Crippen LogP contribution in [-0.4, -0.2) is 64.5 Å². The molecule has 0 spiro atoms. The molecule has 0 aliphatic carbocycles. The van der Waals surface area contributed by atoms with Crippen molar-refractivity contribution < 1.29 is 29.0 Å². The van der Waals surface area contributed by atoms with Gasteiger partial charge < -0.3 is 19.4 Å². The molecule has 248 valence electrons. The number of unbranched alkanes of at least 4 members (excludes halogenated alkanes) is 12. The minimum absolute atomic E-state index is 0. The highest BCUT2D eigenvalue weighted by Crippen LogP contribution is 2.44. The zero-order valence-corrected chi connectivity index (χ0v) is 29.4. The van der Waals surface area contributed by atoms with E-state index in [9.17, 15) is 14.7 Å². The van der Waals surface area contributed by atoms with Gasteiger partial charge in [-0.15, -0.1) is 17.0 Å². The van der Waals surface area contributed by atoms with Crippen LogP contribution in [0.3, 0.4) is 0 Å². The third kappa shape index (κ3) is 13.6. The van der Waals surface area contributed by atoms with E-state index in [-0.39, 0.29) is 35.7 Å². The number of rotatable bonds is 19. The van der Waals surface area contributed by atoms with Crippen molar-refractivity contribution in [2.75, 3.05) is 13.7 Å². The summed E-state index contributed by atoms with van der Waals surface area (Å²) in [6, 6.07) is 11.2. The van der Waals surface area contributed by atoms with Gasteiger partial charge >= 0.3 is 11.9 Å². The highest BCUT2D eigenvalue weighted by molar-refractivity contribution is 8.93. The predicted molar refractivity (Wildman–Crippen MR) is 182 cm³/mol. The first-order chi connectivity index (χ1) is 20.2. The number of nitrogens with zero attached hydrogens (tertiary/aromatic N) is 1. The molecule has 1 aromatic carbocycles. The average Bonchev–Trinajstić information content (AvgIpc) is 3.13. The number of esters is 1. The van der Waals surface area contributed by atoms with E-state index < -0.39 is 11.9 Å². The highest BCUT2D eigenvalue weighted by Gasteiger charge is 2.53. The molecule has 43 heavy (non-hydrogen) atoms. The Morgan fingerprint density at radius 1 is 0.837 bits per heavy atom. The van der Waals surface area contributed by atoms with Gasteiger partial charge in [-0.2, -0.15) is 0 Å². The Hall–Kier alpha value is -1.44. The summed E-state index contributed by atoms with van der Waals surface area (Å²) in [6.07, 6.45) is 21.6. The number of carbonyl (C=O) groups excluding carboxylic acids is 1. The predicted octanol–water partition coefficient (Wildman–Crippen LogP) is 8.98. The minimum atomic E-state index is -0.655. The Morgan fingerprint density at radius 3 is 1.72 bits per heavy atom. The maximum atomic E-state index is 12.6. The lowest BCUT2D eigenvalue weighted by Crippen LogP contribution is -2.62. The molecule has 6 nitrogen and oxygen atoms in total. The maximum absolute atomic E-state index is 12.6. The van der Waals surface area contributed by atoms with Gasteiger partial charge in [0.1, 0.15) is 12.0 Å². The summed E-state index contributed by atoms with van der Waals surface area (Å²) in [7, 11) is 2.37. The average molecular weight is 670 g/mol. The van der Waals surface area contributed by atoms with E-state index in [2.05, 4.69) is 27.8 Å². The fourth-order valence-corrected chi connectivity index (χ4v) is 7.11. The number of benzene rings is 1. The fraction of sp³-hybridized carbons (Fsp3) is 0.778. The first-order valence-corrected chi connectivity index (χ1v) is 17.2. The molecule has 2 bridgehead atoms. The third-order valence-electron chi connectivity index (χ3n) is 10.0. The van der Waals surface area contributed by atoms with Crippen molar-refractivity contribution in [2.24, 2.45) is 0 Å². The quantitative estimate of drug-likeness (QED) is 0.0873. The molecule has 2 saturated heterocycles. The van der Waals surface area contributed by atoms with Crippen LogP contribution in [0, 0.1) is 0 Å². The number of ether oxygens (including phenoxy) is 1. The van der Waals surface area contributed by atoms with Crippen molar-refractivity contribution in [2.45, 2.75) is 166 Å². The fourth-order valence-electron chi connectivity index (χ4n) is 7.11. The molecule has 2 aliphatic heterocycles. The Morgan fingerprint density at radius 2 is 1.30 bits per heavy atom. The summed E-state index contributed by atoms with van der Waals surface area (Å²) in [5.74, 6) is -1.51. The number of fused-ring (bicyclic) bond motifs is 2. The van der Waals surface area contributed by atoms with Gasteiger partial charge in [0.15, 0.2) is 0 Å². The van der Waals surface area contributed by atoms with Crippen LogP contribution in [-0.2, 0) is 14.3 Å². The van der Waals surface area contributed by atoms with E-state index in [1.807, 2.05) is 30.3 Å². The summed E-state index contributed by atoms with van der Waals surface area (Å²) in [6.45, 7) is 6.66. The molecule has 1 aromatic rings. The first-order valence-electron chi connectivity index (χ1n) is 17.2. The van der Waals surface area contributed by atoms with Crippen molar-refractivity contribution in [3.05, 3.63) is 35.9 Å². The van der Waals surface area contributed by atoms with Crippen molar-refractivity contribution >= 4 is 28.9 Å². The number of carboxylic acid groups (broad SMARTS) is 1. The van der Waals surface area contributed by atoms with E-state index in [0.717, 1.165) is 35.7 Å². The number of carbonyl (C=O) groups is 2. The molecule has 5 atom stereocenters. The maximum Gasteiger partial charge on any atom is 0.316 e. The van der Waals surface area contributed by atoms with Gasteiger partial charge in [-0.25, -0.2) is 0 Å². The van der Waals surface area contributed by atoms with Gasteiger partial charge in [0.25, 0.3) is 0 Å². The summed E-state index contributed by atoms with van der Waals surface area (Å²) < 4.78 is 6.96. The van der Waals surface area contributed by atoms with Crippen LogP contribution in [0.4, 0.5) is 0 Å². The molecule has 2 N–H and O–H groups in total. The molecule has 2 aliphatic rings. The van der Waals surface area contributed by atoms with Gasteiger partial charge in [-0.05, 0) is 25.8 Å². The molecule has 0 saturated carbocycles. The summed E-state index contributed by atoms with van der Waals surface area (Å²) in [5, 5.41) is 18.1. The lowest BCUT2D eigenvalue weighted by atomic mass is 9.94.